The van der Waals surface area contributed by atoms with E-state index in [0.717, 1.165) is 0 Å². The molecule has 0 amide bonds. The molecule has 4 heteroatoms. The summed E-state index contributed by atoms with van der Waals surface area (Å²) in [6, 6.07) is 2.12. The van der Waals surface area contributed by atoms with E-state index in [9.17, 15) is 8.78 Å². The van der Waals surface area contributed by atoms with Gasteiger partial charge < -0.3 is 10.1 Å². The number of nitrogens with one attached hydrogen (secondary N) is 1. The molecule has 0 aliphatic heterocycles. The van der Waals surface area contributed by atoms with Crippen LogP contribution in [0.25, 0.3) is 0 Å². The first-order valence-corrected chi connectivity index (χ1v) is 5.40. The van der Waals surface area contributed by atoms with Crippen LogP contribution in [-0.4, -0.2) is 13.7 Å². The zero-order valence-electron chi connectivity index (χ0n) is 9.81. The van der Waals surface area contributed by atoms with E-state index >= 15 is 0 Å². The Bertz CT molecular complexity index is 332. The van der Waals surface area contributed by atoms with Gasteiger partial charge in [0, 0.05) is 23.7 Å². The quantitative estimate of drug-likeness (QED) is 0.838. The highest BCUT2D eigenvalue weighted by Gasteiger charge is 2.19. The predicted molar refractivity (Wildman–Crippen MR) is 59.6 cm³/mol. The Hall–Kier alpha value is -1.16. The summed E-state index contributed by atoms with van der Waals surface area (Å²) in [5, 5.41) is 3.05. The van der Waals surface area contributed by atoms with E-state index in [-0.39, 0.29) is 17.4 Å². The first kappa shape index (κ1) is 12.9. The van der Waals surface area contributed by atoms with E-state index in [1.165, 1.54) is 19.2 Å². The summed E-state index contributed by atoms with van der Waals surface area (Å²) in [6.07, 6.45) is 0.633. The first-order valence-electron chi connectivity index (χ1n) is 5.40. The van der Waals surface area contributed by atoms with E-state index in [2.05, 4.69) is 5.32 Å². The molecule has 1 rings (SSSR count). The molecule has 1 unspecified atom stereocenters. The molecule has 0 aliphatic rings. The number of halogens is 2. The second-order valence-corrected chi connectivity index (χ2v) is 3.52. The molecule has 0 aromatic heterocycles. The van der Waals surface area contributed by atoms with Crippen molar-refractivity contribution in [3.8, 4) is 5.75 Å². The largest absolute Gasteiger partial charge is 0.497 e. The van der Waals surface area contributed by atoms with E-state index in [1.807, 2.05) is 13.8 Å². The van der Waals surface area contributed by atoms with Crippen molar-refractivity contribution in [3.05, 3.63) is 29.3 Å². The van der Waals surface area contributed by atoms with Gasteiger partial charge in [0.15, 0.2) is 0 Å². The number of hydrogen-bond acceptors (Lipinski definition) is 2. The Labute approximate surface area is 94.6 Å². The van der Waals surface area contributed by atoms with Gasteiger partial charge >= 0.3 is 0 Å². The van der Waals surface area contributed by atoms with Gasteiger partial charge in [-0.3, -0.25) is 0 Å². The van der Waals surface area contributed by atoms with Crippen molar-refractivity contribution in [2.24, 2.45) is 0 Å². The Balaban J connectivity index is 3.11. The van der Waals surface area contributed by atoms with Gasteiger partial charge in [0.2, 0.25) is 0 Å². The Kier molecular flexibility index (Phi) is 4.68. The molecule has 90 valence electrons. The van der Waals surface area contributed by atoms with Crippen LogP contribution >= 0.6 is 0 Å². The maximum Gasteiger partial charge on any atom is 0.134 e. The fourth-order valence-electron chi connectivity index (χ4n) is 1.71. The molecule has 0 radical (unpaired) electrons. The average Bonchev–Trinajstić information content (AvgIpc) is 2.26. The van der Waals surface area contributed by atoms with Gasteiger partial charge in [-0.15, -0.1) is 0 Å². The van der Waals surface area contributed by atoms with Crippen molar-refractivity contribution in [2.75, 3.05) is 13.7 Å². The minimum Gasteiger partial charge on any atom is -0.497 e. The van der Waals surface area contributed by atoms with Crippen molar-refractivity contribution in [3.63, 3.8) is 0 Å². The van der Waals surface area contributed by atoms with Crippen LogP contribution in [0.2, 0.25) is 0 Å². The zero-order chi connectivity index (χ0) is 12.1. The third kappa shape index (κ3) is 2.70. The number of hydrogen-bond donors (Lipinski definition) is 1. The maximum atomic E-state index is 13.7. The van der Waals surface area contributed by atoms with Crippen LogP contribution in [0.4, 0.5) is 8.78 Å². The Morgan fingerprint density at radius 1 is 1.25 bits per heavy atom. The second kappa shape index (κ2) is 5.80. The minimum atomic E-state index is -0.565. The molecule has 0 saturated carbocycles. The zero-order valence-corrected chi connectivity index (χ0v) is 9.81. The van der Waals surface area contributed by atoms with Crippen LogP contribution in [0.15, 0.2) is 12.1 Å². The summed E-state index contributed by atoms with van der Waals surface area (Å²) in [6.45, 7) is 4.46. The normalized spacial score (nSPS) is 12.6. The molecular weight excluding hydrogens is 212 g/mol. The highest BCUT2D eigenvalue weighted by atomic mass is 19.1. The minimum absolute atomic E-state index is 0.0881. The maximum absolute atomic E-state index is 13.7. The van der Waals surface area contributed by atoms with Crippen LogP contribution < -0.4 is 10.1 Å². The molecule has 0 aliphatic carbocycles. The lowest BCUT2D eigenvalue weighted by Gasteiger charge is -2.18. The molecule has 0 fully saturated rings. The van der Waals surface area contributed by atoms with Gasteiger partial charge in [0.25, 0.3) is 0 Å². The van der Waals surface area contributed by atoms with Crippen molar-refractivity contribution in [1.82, 2.24) is 5.32 Å². The van der Waals surface area contributed by atoms with E-state index < -0.39 is 11.6 Å². The fraction of sp³-hybridized carbons (Fsp3) is 0.500. The van der Waals surface area contributed by atoms with Crippen molar-refractivity contribution < 1.29 is 13.5 Å². The summed E-state index contributed by atoms with van der Waals surface area (Å²) in [5.41, 5.74) is 0.0881. The standard InChI is InChI=1S/C12H17F2NO/c1-4-11(15-5-2)12-9(13)6-8(16-3)7-10(12)14/h6-7,11,15H,4-5H2,1-3H3. The Morgan fingerprint density at radius 2 is 1.81 bits per heavy atom. The topological polar surface area (TPSA) is 21.3 Å². The molecule has 2 nitrogen and oxygen atoms in total. The number of ether oxygens (including phenoxy) is 1. The molecule has 1 aromatic rings. The summed E-state index contributed by atoms with van der Waals surface area (Å²) in [5.74, 6) is -0.931. The van der Waals surface area contributed by atoms with E-state index in [1.54, 1.807) is 0 Å². The number of rotatable bonds is 5. The first-order chi connectivity index (χ1) is 7.63. The molecular formula is C12H17F2NO. The highest BCUT2D eigenvalue weighted by Crippen LogP contribution is 2.27. The van der Waals surface area contributed by atoms with Gasteiger partial charge in [-0.2, -0.15) is 0 Å². The lowest BCUT2D eigenvalue weighted by atomic mass is 10.0. The summed E-state index contributed by atoms with van der Waals surface area (Å²) in [4.78, 5) is 0. The molecule has 1 N–H and O–H groups in total. The van der Waals surface area contributed by atoms with Gasteiger partial charge in [0.05, 0.1) is 7.11 Å². The summed E-state index contributed by atoms with van der Waals surface area (Å²) in [7, 11) is 1.38. The van der Waals surface area contributed by atoms with Crippen LogP contribution in [0, 0.1) is 11.6 Å². The number of methoxy groups -OCH3 is 1. The average molecular weight is 229 g/mol. The lowest BCUT2D eigenvalue weighted by molar-refractivity contribution is 0.400. The monoisotopic (exact) mass is 229 g/mol. The molecule has 0 spiro atoms. The van der Waals surface area contributed by atoms with Crippen LogP contribution in [-0.2, 0) is 0 Å². The molecule has 0 bridgehead atoms. The summed E-state index contributed by atoms with van der Waals surface area (Å²) >= 11 is 0. The lowest BCUT2D eigenvalue weighted by Crippen LogP contribution is -2.22. The summed E-state index contributed by atoms with van der Waals surface area (Å²) < 4.78 is 32.2. The van der Waals surface area contributed by atoms with Crippen LogP contribution in [0.3, 0.4) is 0 Å². The third-order valence-electron chi connectivity index (χ3n) is 2.50. The molecule has 0 heterocycles. The molecule has 0 saturated heterocycles. The Morgan fingerprint density at radius 3 is 2.19 bits per heavy atom. The van der Waals surface area contributed by atoms with Crippen molar-refractivity contribution in [1.29, 1.82) is 0 Å². The van der Waals surface area contributed by atoms with Gasteiger partial charge in [-0.05, 0) is 13.0 Å². The van der Waals surface area contributed by atoms with E-state index in [4.69, 9.17) is 4.74 Å². The van der Waals surface area contributed by atoms with Crippen LogP contribution in [0.1, 0.15) is 31.9 Å². The highest BCUT2D eigenvalue weighted by molar-refractivity contribution is 5.32. The number of benzene rings is 1. The van der Waals surface area contributed by atoms with Crippen LogP contribution in [0.5, 0.6) is 5.75 Å². The molecule has 16 heavy (non-hydrogen) atoms. The SMILES string of the molecule is CCNC(CC)c1c(F)cc(OC)cc1F. The van der Waals surface area contributed by atoms with Crippen molar-refractivity contribution >= 4 is 0 Å². The smallest absolute Gasteiger partial charge is 0.134 e. The third-order valence-corrected chi connectivity index (χ3v) is 2.50. The van der Waals surface area contributed by atoms with Gasteiger partial charge in [-0.1, -0.05) is 13.8 Å². The van der Waals surface area contributed by atoms with Crippen molar-refractivity contribution in [2.45, 2.75) is 26.3 Å². The van der Waals surface area contributed by atoms with E-state index in [0.29, 0.717) is 13.0 Å². The molecule has 1 aromatic carbocycles. The predicted octanol–water partition coefficient (Wildman–Crippen LogP) is 3.03. The van der Waals surface area contributed by atoms with Gasteiger partial charge in [0.1, 0.15) is 17.4 Å². The fourth-order valence-corrected chi connectivity index (χ4v) is 1.71. The molecule has 1 atom stereocenters. The van der Waals surface area contributed by atoms with Gasteiger partial charge in [-0.25, -0.2) is 8.78 Å². The second-order valence-electron chi connectivity index (χ2n) is 3.52.